The number of carboxylic acids is 1. The number of benzene rings is 1. The van der Waals surface area contributed by atoms with Crippen LogP contribution in [0.5, 0.6) is 0 Å². The van der Waals surface area contributed by atoms with Crippen LogP contribution < -0.4 is 5.32 Å². The SMILES string of the molecule is CN(C(=O)CCNC(=O)Cc1ccccc1)C(C)(C)C(=O)O. The topological polar surface area (TPSA) is 86.7 Å². The Labute approximate surface area is 130 Å². The maximum absolute atomic E-state index is 11.9. The van der Waals surface area contributed by atoms with E-state index in [1.54, 1.807) is 0 Å². The number of likely N-dealkylation sites (N-methyl/N-ethyl adjacent to an activating group) is 1. The number of hydrogen-bond acceptors (Lipinski definition) is 3. The molecule has 0 heterocycles. The molecule has 0 aliphatic heterocycles. The zero-order valence-electron chi connectivity index (χ0n) is 13.1. The minimum Gasteiger partial charge on any atom is -0.480 e. The zero-order chi connectivity index (χ0) is 16.8. The third-order valence-corrected chi connectivity index (χ3v) is 3.60. The first-order chi connectivity index (χ1) is 10.2. The van der Waals surface area contributed by atoms with Gasteiger partial charge in [0, 0.05) is 20.0 Å². The molecule has 0 aliphatic carbocycles. The highest BCUT2D eigenvalue weighted by atomic mass is 16.4. The Balaban J connectivity index is 2.39. The molecule has 0 radical (unpaired) electrons. The van der Waals surface area contributed by atoms with E-state index in [2.05, 4.69) is 5.32 Å². The molecule has 0 aromatic heterocycles. The van der Waals surface area contributed by atoms with Crippen LogP contribution in [0.4, 0.5) is 0 Å². The summed E-state index contributed by atoms with van der Waals surface area (Å²) in [4.78, 5) is 36.0. The number of nitrogens with zero attached hydrogens (tertiary/aromatic N) is 1. The monoisotopic (exact) mass is 306 g/mol. The number of carboxylic acid groups (broad SMARTS) is 1. The van der Waals surface area contributed by atoms with Gasteiger partial charge in [-0.1, -0.05) is 30.3 Å². The molecule has 2 N–H and O–H groups in total. The average molecular weight is 306 g/mol. The van der Waals surface area contributed by atoms with Gasteiger partial charge in [0.05, 0.1) is 6.42 Å². The smallest absolute Gasteiger partial charge is 0.329 e. The van der Waals surface area contributed by atoms with E-state index in [4.69, 9.17) is 5.11 Å². The first kappa shape index (κ1) is 17.7. The molecular weight excluding hydrogens is 284 g/mol. The maximum atomic E-state index is 11.9. The number of aliphatic carboxylic acids is 1. The van der Waals surface area contributed by atoms with Crippen molar-refractivity contribution < 1.29 is 19.5 Å². The fourth-order valence-corrected chi connectivity index (χ4v) is 1.78. The molecule has 1 rings (SSSR count). The molecule has 0 saturated carbocycles. The number of amides is 2. The summed E-state index contributed by atoms with van der Waals surface area (Å²) in [6.45, 7) is 3.10. The van der Waals surface area contributed by atoms with Gasteiger partial charge in [0.25, 0.3) is 0 Å². The van der Waals surface area contributed by atoms with Gasteiger partial charge in [-0.05, 0) is 19.4 Å². The van der Waals surface area contributed by atoms with Crippen LogP contribution in [0.1, 0.15) is 25.8 Å². The van der Waals surface area contributed by atoms with E-state index < -0.39 is 11.5 Å². The molecule has 6 heteroatoms. The molecule has 0 aliphatic rings. The van der Waals surface area contributed by atoms with E-state index in [9.17, 15) is 14.4 Å². The zero-order valence-corrected chi connectivity index (χ0v) is 13.1. The summed E-state index contributed by atoms with van der Waals surface area (Å²) in [5.74, 6) is -1.57. The van der Waals surface area contributed by atoms with Crippen molar-refractivity contribution >= 4 is 17.8 Å². The summed E-state index contributed by atoms with van der Waals surface area (Å²) in [6, 6.07) is 9.30. The molecule has 6 nitrogen and oxygen atoms in total. The first-order valence-electron chi connectivity index (χ1n) is 7.06. The van der Waals surface area contributed by atoms with Gasteiger partial charge in [0.1, 0.15) is 5.54 Å². The van der Waals surface area contributed by atoms with Crippen molar-refractivity contribution in [3.8, 4) is 0 Å². The van der Waals surface area contributed by atoms with Crippen LogP contribution in [-0.2, 0) is 20.8 Å². The third-order valence-electron chi connectivity index (χ3n) is 3.60. The summed E-state index contributed by atoms with van der Waals surface area (Å²) in [6.07, 6.45) is 0.319. The lowest BCUT2D eigenvalue weighted by Crippen LogP contribution is -2.51. The minimum absolute atomic E-state index is 0.0632. The quantitative estimate of drug-likeness (QED) is 0.788. The second-order valence-electron chi connectivity index (χ2n) is 5.58. The van der Waals surface area contributed by atoms with Crippen LogP contribution >= 0.6 is 0 Å². The van der Waals surface area contributed by atoms with Crippen molar-refractivity contribution in [2.24, 2.45) is 0 Å². The molecule has 1 aromatic carbocycles. The Morgan fingerprint density at radius 1 is 1.18 bits per heavy atom. The fraction of sp³-hybridized carbons (Fsp3) is 0.438. The lowest BCUT2D eigenvalue weighted by atomic mass is 10.0. The molecule has 120 valence electrons. The van der Waals surface area contributed by atoms with Crippen LogP contribution in [0.3, 0.4) is 0 Å². The molecule has 0 bridgehead atoms. The van der Waals surface area contributed by atoms with Gasteiger partial charge >= 0.3 is 5.97 Å². The van der Waals surface area contributed by atoms with Gasteiger partial charge in [0.15, 0.2) is 0 Å². The first-order valence-corrected chi connectivity index (χ1v) is 7.06. The van der Waals surface area contributed by atoms with E-state index in [0.29, 0.717) is 0 Å². The number of carbonyl (C=O) groups excluding carboxylic acids is 2. The van der Waals surface area contributed by atoms with E-state index in [1.165, 1.54) is 25.8 Å². The standard InChI is InChI=1S/C16H22N2O4/c1-16(2,15(21)22)18(3)14(20)9-10-17-13(19)11-12-7-5-4-6-8-12/h4-8H,9-11H2,1-3H3,(H,17,19)(H,21,22). The van der Waals surface area contributed by atoms with Crippen molar-refractivity contribution in [1.29, 1.82) is 0 Å². The highest BCUT2D eigenvalue weighted by Gasteiger charge is 2.34. The van der Waals surface area contributed by atoms with Crippen molar-refractivity contribution in [3.63, 3.8) is 0 Å². The maximum Gasteiger partial charge on any atom is 0.329 e. The van der Waals surface area contributed by atoms with Crippen LogP contribution in [-0.4, -0.2) is 46.9 Å². The highest BCUT2D eigenvalue weighted by Crippen LogP contribution is 2.13. The molecule has 0 saturated heterocycles. The van der Waals surface area contributed by atoms with Crippen LogP contribution in [0.2, 0.25) is 0 Å². The van der Waals surface area contributed by atoms with Gasteiger partial charge in [-0.3, -0.25) is 9.59 Å². The van der Waals surface area contributed by atoms with Gasteiger partial charge in [0.2, 0.25) is 11.8 Å². The summed E-state index contributed by atoms with van der Waals surface area (Å²) >= 11 is 0. The molecule has 22 heavy (non-hydrogen) atoms. The highest BCUT2D eigenvalue weighted by molar-refractivity contribution is 5.86. The average Bonchev–Trinajstić information content (AvgIpc) is 2.47. The van der Waals surface area contributed by atoms with Crippen LogP contribution in [0.25, 0.3) is 0 Å². The predicted molar refractivity (Wildman–Crippen MR) is 82.3 cm³/mol. The summed E-state index contributed by atoms with van der Waals surface area (Å²) < 4.78 is 0. The number of carbonyl (C=O) groups is 3. The van der Waals surface area contributed by atoms with Crippen molar-refractivity contribution in [2.45, 2.75) is 32.2 Å². The largest absolute Gasteiger partial charge is 0.480 e. The van der Waals surface area contributed by atoms with Crippen molar-refractivity contribution in [2.75, 3.05) is 13.6 Å². The van der Waals surface area contributed by atoms with E-state index in [1.807, 2.05) is 30.3 Å². The Hall–Kier alpha value is -2.37. The second kappa shape index (κ2) is 7.59. The molecule has 0 atom stereocenters. The fourth-order valence-electron chi connectivity index (χ4n) is 1.78. The predicted octanol–water partition coefficient (Wildman–Crippen LogP) is 1.06. The van der Waals surface area contributed by atoms with Gasteiger partial charge < -0.3 is 15.3 Å². The Morgan fingerprint density at radius 3 is 2.32 bits per heavy atom. The normalized spacial score (nSPS) is 10.9. The van der Waals surface area contributed by atoms with Crippen molar-refractivity contribution in [1.82, 2.24) is 10.2 Å². The third kappa shape index (κ3) is 4.87. The molecule has 1 aromatic rings. The number of rotatable bonds is 7. The Bertz CT molecular complexity index is 540. The molecular formula is C16H22N2O4. The molecule has 0 unspecified atom stereocenters. The van der Waals surface area contributed by atoms with E-state index in [0.717, 1.165) is 5.56 Å². The Kier molecular flexibility index (Phi) is 6.10. The van der Waals surface area contributed by atoms with E-state index in [-0.39, 0.29) is 31.2 Å². The summed E-state index contributed by atoms with van der Waals surface area (Å²) in [7, 11) is 1.45. The Morgan fingerprint density at radius 2 is 1.77 bits per heavy atom. The van der Waals surface area contributed by atoms with Gasteiger partial charge in [-0.2, -0.15) is 0 Å². The lowest BCUT2D eigenvalue weighted by Gasteiger charge is -2.31. The number of hydrogen-bond donors (Lipinski definition) is 2. The van der Waals surface area contributed by atoms with Crippen LogP contribution in [0.15, 0.2) is 30.3 Å². The van der Waals surface area contributed by atoms with Crippen LogP contribution in [0, 0.1) is 0 Å². The number of nitrogens with one attached hydrogen (secondary N) is 1. The summed E-state index contributed by atoms with van der Waals surface area (Å²) in [5, 5.41) is 11.7. The minimum atomic E-state index is -1.27. The lowest BCUT2D eigenvalue weighted by molar-refractivity contribution is -0.155. The molecule has 2 amide bonds. The van der Waals surface area contributed by atoms with E-state index >= 15 is 0 Å². The molecule has 0 fully saturated rings. The van der Waals surface area contributed by atoms with Gasteiger partial charge in [-0.15, -0.1) is 0 Å². The summed E-state index contributed by atoms with van der Waals surface area (Å²) in [5.41, 5.74) is -0.374. The molecule has 0 spiro atoms. The van der Waals surface area contributed by atoms with Gasteiger partial charge in [-0.25, -0.2) is 4.79 Å². The second-order valence-corrected chi connectivity index (χ2v) is 5.58. The van der Waals surface area contributed by atoms with Crippen molar-refractivity contribution in [3.05, 3.63) is 35.9 Å².